The summed E-state index contributed by atoms with van der Waals surface area (Å²) in [7, 11) is 0. The minimum Gasteiger partial charge on any atom is -0.481 e. The van der Waals surface area contributed by atoms with E-state index >= 15 is 0 Å². The van der Waals surface area contributed by atoms with Crippen LogP contribution in [0.2, 0.25) is 0 Å². The summed E-state index contributed by atoms with van der Waals surface area (Å²) in [6.45, 7) is 0.356. The van der Waals surface area contributed by atoms with E-state index in [1.807, 2.05) is 36.5 Å². The van der Waals surface area contributed by atoms with E-state index < -0.39 is 11.9 Å². The molecule has 1 fully saturated rings. The van der Waals surface area contributed by atoms with Crippen LogP contribution in [0.4, 0.5) is 0 Å². The molecule has 1 heterocycles. The minimum atomic E-state index is -0.896. The molecule has 1 aromatic heterocycles. The molecule has 108 valence electrons. The first-order valence-corrected chi connectivity index (χ1v) is 6.74. The number of carbonyl (C=O) groups excluding carboxylic acids is 1. The maximum Gasteiger partial charge on any atom is 0.307 e. The molecule has 0 spiro atoms. The summed E-state index contributed by atoms with van der Waals surface area (Å²) in [4.78, 5) is 22.5. The number of hydrogen-bond donors (Lipinski definition) is 2. The Morgan fingerprint density at radius 2 is 2.05 bits per heavy atom. The van der Waals surface area contributed by atoms with Crippen LogP contribution in [-0.4, -0.2) is 26.8 Å². The Balaban J connectivity index is 1.56. The van der Waals surface area contributed by atoms with Crippen molar-refractivity contribution in [2.45, 2.75) is 13.0 Å². The molecule has 0 radical (unpaired) electrons. The van der Waals surface area contributed by atoms with E-state index in [1.54, 1.807) is 10.9 Å². The van der Waals surface area contributed by atoms with E-state index in [0.717, 1.165) is 11.3 Å². The van der Waals surface area contributed by atoms with Gasteiger partial charge in [-0.15, -0.1) is 0 Å². The van der Waals surface area contributed by atoms with Crippen molar-refractivity contribution in [3.63, 3.8) is 0 Å². The Morgan fingerprint density at radius 1 is 1.29 bits per heavy atom. The van der Waals surface area contributed by atoms with Gasteiger partial charge in [0.05, 0.1) is 23.7 Å². The van der Waals surface area contributed by atoms with Crippen LogP contribution < -0.4 is 5.32 Å². The SMILES string of the molecule is O=C(O)[C@@H]1C[C@H]1C(=O)NCc1cnn(-c2ccccc2)c1. The first kappa shape index (κ1) is 13.4. The summed E-state index contributed by atoms with van der Waals surface area (Å²) in [5.74, 6) is -1.99. The molecule has 0 saturated heterocycles. The van der Waals surface area contributed by atoms with Gasteiger partial charge >= 0.3 is 5.97 Å². The highest BCUT2D eigenvalue weighted by molar-refractivity contribution is 5.89. The van der Waals surface area contributed by atoms with E-state index in [2.05, 4.69) is 10.4 Å². The second-order valence-corrected chi connectivity index (χ2v) is 5.13. The average Bonchev–Trinajstić information content (AvgIpc) is 3.17. The van der Waals surface area contributed by atoms with Crippen LogP contribution in [0.1, 0.15) is 12.0 Å². The number of carboxylic acid groups (broad SMARTS) is 1. The monoisotopic (exact) mass is 285 g/mol. The molecule has 0 bridgehead atoms. The molecule has 2 aromatic rings. The van der Waals surface area contributed by atoms with Crippen molar-refractivity contribution in [1.29, 1.82) is 0 Å². The Kier molecular flexibility index (Phi) is 3.43. The van der Waals surface area contributed by atoms with E-state index in [1.165, 1.54) is 0 Å². The highest BCUT2D eigenvalue weighted by Gasteiger charge is 2.48. The van der Waals surface area contributed by atoms with Gasteiger partial charge in [0.1, 0.15) is 0 Å². The zero-order valence-electron chi connectivity index (χ0n) is 11.3. The molecule has 6 nitrogen and oxygen atoms in total. The second-order valence-electron chi connectivity index (χ2n) is 5.13. The summed E-state index contributed by atoms with van der Waals surface area (Å²) >= 11 is 0. The molecule has 21 heavy (non-hydrogen) atoms. The van der Waals surface area contributed by atoms with Gasteiger partial charge in [-0.05, 0) is 18.6 Å². The van der Waals surface area contributed by atoms with Crippen molar-refractivity contribution < 1.29 is 14.7 Å². The number of aromatic nitrogens is 2. The van der Waals surface area contributed by atoms with Gasteiger partial charge in [0.15, 0.2) is 0 Å². The molecule has 1 aromatic carbocycles. The zero-order chi connectivity index (χ0) is 14.8. The summed E-state index contributed by atoms with van der Waals surface area (Å²) in [5, 5.41) is 15.8. The van der Waals surface area contributed by atoms with Crippen LogP contribution in [0.15, 0.2) is 42.7 Å². The molecule has 6 heteroatoms. The number of nitrogens with one attached hydrogen (secondary N) is 1. The van der Waals surface area contributed by atoms with Gasteiger partial charge in [-0.1, -0.05) is 18.2 Å². The highest BCUT2D eigenvalue weighted by atomic mass is 16.4. The third-order valence-electron chi connectivity index (χ3n) is 3.57. The highest BCUT2D eigenvalue weighted by Crippen LogP contribution is 2.38. The number of nitrogens with zero attached hydrogens (tertiary/aromatic N) is 2. The Bertz CT molecular complexity index is 666. The third-order valence-corrected chi connectivity index (χ3v) is 3.57. The van der Waals surface area contributed by atoms with Crippen LogP contribution in [0.25, 0.3) is 5.69 Å². The van der Waals surface area contributed by atoms with E-state index in [9.17, 15) is 9.59 Å². The first-order valence-electron chi connectivity index (χ1n) is 6.74. The number of amides is 1. The van der Waals surface area contributed by atoms with Crippen molar-refractivity contribution in [1.82, 2.24) is 15.1 Å². The summed E-state index contributed by atoms with van der Waals surface area (Å²) in [5.41, 5.74) is 1.82. The predicted molar refractivity (Wildman–Crippen MR) is 74.6 cm³/mol. The Hall–Kier alpha value is -2.63. The predicted octanol–water partition coefficient (Wildman–Crippen LogP) is 1.21. The molecule has 1 amide bonds. The van der Waals surface area contributed by atoms with Crippen molar-refractivity contribution in [3.8, 4) is 5.69 Å². The molecular weight excluding hydrogens is 270 g/mol. The third kappa shape index (κ3) is 2.94. The quantitative estimate of drug-likeness (QED) is 0.864. The van der Waals surface area contributed by atoms with Crippen LogP contribution in [-0.2, 0) is 16.1 Å². The van der Waals surface area contributed by atoms with Crippen LogP contribution in [0, 0.1) is 11.8 Å². The molecular formula is C15H15N3O3. The largest absolute Gasteiger partial charge is 0.481 e. The number of aliphatic carboxylic acids is 1. The van der Waals surface area contributed by atoms with Gasteiger partial charge in [0.2, 0.25) is 5.91 Å². The van der Waals surface area contributed by atoms with Gasteiger partial charge in [-0.3, -0.25) is 9.59 Å². The summed E-state index contributed by atoms with van der Waals surface area (Å²) < 4.78 is 1.73. The lowest BCUT2D eigenvalue weighted by atomic mass is 10.3. The summed E-state index contributed by atoms with van der Waals surface area (Å²) in [6.07, 6.45) is 3.97. The lowest BCUT2D eigenvalue weighted by Crippen LogP contribution is -2.25. The number of carbonyl (C=O) groups is 2. The molecule has 1 saturated carbocycles. The van der Waals surface area contributed by atoms with Gasteiger partial charge in [0.25, 0.3) is 0 Å². The van der Waals surface area contributed by atoms with Crippen molar-refractivity contribution in [3.05, 3.63) is 48.3 Å². The van der Waals surface area contributed by atoms with Crippen LogP contribution in [0.3, 0.4) is 0 Å². The fourth-order valence-corrected chi connectivity index (χ4v) is 2.25. The molecule has 1 aliphatic rings. The molecule has 3 rings (SSSR count). The maximum atomic E-state index is 11.8. The number of para-hydroxylation sites is 1. The van der Waals surface area contributed by atoms with Crippen LogP contribution in [0.5, 0.6) is 0 Å². The van der Waals surface area contributed by atoms with Crippen LogP contribution >= 0.6 is 0 Å². The number of hydrogen-bond acceptors (Lipinski definition) is 3. The molecule has 2 N–H and O–H groups in total. The van der Waals surface area contributed by atoms with Gasteiger partial charge in [0, 0.05) is 18.3 Å². The normalized spacial score (nSPS) is 20.0. The van der Waals surface area contributed by atoms with E-state index in [-0.39, 0.29) is 11.8 Å². The second kappa shape index (κ2) is 5.40. The zero-order valence-corrected chi connectivity index (χ0v) is 11.3. The van der Waals surface area contributed by atoms with Crippen molar-refractivity contribution in [2.75, 3.05) is 0 Å². The molecule has 0 aliphatic heterocycles. The fraction of sp³-hybridized carbons (Fsp3) is 0.267. The lowest BCUT2D eigenvalue weighted by molar-refractivity contribution is -0.140. The van der Waals surface area contributed by atoms with E-state index in [0.29, 0.717) is 13.0 Å². The Labute approximate surface area is 121 Å². The molecule has 0 unspecified atom stereocenters. The first-order chi connectivity index (χ1) is 10.1. The van der Waals surface area contributed by atoms with Gasteiger partial charge in [-0.25, -0.2) is 4.68 Å². The molecule has 1 aliphatic carbocycles. The maximum absolute atomic E-state index is 11.8. The van der Waals surface area contributed by atoms with Crippen molar-refractivity contribution >= 4 is 11.9 Å². The summed E-state index contributed by atoms with van der Waals surface area (Å²) in [6, 6.07) is 9.67. The lowest BCUT2D eigenvalue weighted by Gasteiger charge is -2.02. The van der Waals surface area contributed by atoms with E-state index in [4.69, 9.17) is 5.11 Å². The minimum absolute atomic E-state index is 0.199. The van der Waals surface area contributed by atoms with Gasteiger partial charge in [-0.2, -0.15) is 5.10 Å². The Morgan fingerprint density at radius 3 is 2.71 bits per heavy atom. The number of rotatable bonds is 5. The van der Waals surface area contributed by atoms with Gasteiger partial charge < -0.3 is 10.4 Å². The standard InChI is InChI=1S/C15H15N3O3/c19-14(12-6-13(12)15(20)21)16-7-10-8-17-18(9-10)11-4-2-1-3-5-11/h1-5,8-9,12-13H,6-7H2,(H,16,19)(H,20,21)/t12-,13-/m1/s1. The smallest absolute Gasteiger partial charge is 0.307 e. The average molecular weight is 285 g/mol. The topological polar surface area (TPSA) is 84.2 Å². The molecule has 2 atom stereocenters. The number of benzene rings is 1. The number of carboxylic acids is 1. The fourth-order valence-electron chi connectivity index (χ4n) is 2.25. The van der Waals surface area contributed by atoms with Crippen molar-refractivity contribution in [2.24, 2.45) is 11.8 Å².